The number of rotatable bonds is 3. The van der Waals surface area contributed by atoms with Gasteiger partial charge in [-0.15, -0.1) is 11.3 Å². The number of urea groups is 1. The van der Waals surface area contributed by atoms with E-state index >= 15 is 0 Å². The molecule has 5 heteroatoms. The van der Waals surface area contributed by atoms with E-state index < -0.39 is 0 Å². The van der Waals surface area contributed by atoms with Crippen molar-refractivity contribution in [3.8, 4) is 0 Å². The molecule has 4 nitrogen and oxygen atoms in total. The lowest BCUT2D eigenvalue weighted by Crippen LogP contribution is -2.53. The summed E-state index contributed by atoms with van der Waals surface area (Å²) in [6.07, 6.45) is 6.32. The Morgan fingerprint density at radius 3 is 2.75 bits per heavy atom. The Balaban J connectivity index is 1.68. The lowest BCUT2D eigenvalue weighted by molar-refractivity contribution is 0.168. The van der Waals surface area contributed by atoms with E-state index in [-0.39, 0.29) is 6.03 Å². The van der Waals surface area contributed by atoms with Crippen molar-refractivity contribution in [2.45, 2.75) is 50.1 Å². The van der Waals surface area contributed by atoms with Crippen molar-refractivity contribution in [1.82, 2.24) is 10.2 Å². The van der Waals surface area contributed by atoms with Crippen LogP contribution in [0.5, 0.6) is 0 Å². The summed E-state index contributed by atoms with van der Waals surface area (Å²) >= 11 is 1.78. The lowest BCUT2D eigenvalue weighted by atomic mass is 9.92. The number of carbonyl (C=O) groups excluding carboxylic acids is 1. The molecule has 1 aliphatic carbocycles. The van der Waals surface area contributed by atoms with Crippen LogP contribution in [0.15, 0.2) is 17.5 Å². The first-order chi connectivity index (χ1) is 9.72. The minimum Gasteiger partial charge on any atom is -0.351 e. The molecule has 1 aliphatic heterocycles. The van der Waals surface area contributed by atoms with E-state index in [9.17, 15) is 4.79 Å². The number of nitrogens with one attached hydrogen (secondary N) is 1. The van der Waals surface area contributed by atoms with Crippen molar-refractivity contribution < 1.29 is 4.79 Å². The molecule has 0 aromatic carbocycles. The second kappa shape index (κ2) is 6.14. The van der Waals surface area contributed by atoms with E-state index in [0.717, 1.165) is 19.5 Å². The maximum Gasteiger partial charge on any atom is 0.314 e. The SMILES string of the molecule is NC(=O)N1CC(NC2CCCC2)CC(c2cccs2)C1. The minimum absolute atomic E-state index is 0.288. The molecular formula is C15H23N3OS. The van der Waals surface area contributed by atoms with Gasteiger partial charge in [-0.2, -0.15) is 0 Å². The summed E-state index contributed by atoms with van der Waals surface area (Å²) in [6, 6.07) is 4.99. The molecule has 2 amide bonds. The maximum absolute atomic E-state index is 11.6. The highest BCUT2D eigenvalue weighted by Crippen LogP contribution is 2.31. The zero-order valence-corrected chi connectivity index (χ0v) is 12.6. The summed E-state index contributed by atoms with van der Waals surface area (Å²) in [5.41, 5.74) is 5.52. The Bertz CT molecular complexity index is 442. The fourth-order valence-electron chi connectivity index (χ4n) is 3.56. The fourth-order valence-corrected chi connectivity index (χ4v) is 4.39. The summed E-state index contributed by atoms with van der Waals surface area (Å²) in [7, 11) is 0. The molecule has 110 valence electrons. The zero-order chi connectivity index (χ0) is 13.9. The van der Waals surface area contributed by atoms with E-state index in [1.807, 2.05) is 0 Å². The molecule has 1 saturated carbocycles. The van der Waals surface area contributed by atoms with Gasteiger partial charge in [0.15, 0.2) is 0 Å². The van der Waals surface area contributed by atoms with Gasteiger partial charge in [-0.1, -0.05) is 18.9 Å². The van der Waals surface area contributed by atoms with E-state index in [1.54, 1.807) is 16.2 Å². The van der Waals surface area contributed by atoms with Crippen molar-refractivity contribution >= 4 is 17.4 Å². The largest absolute Gasteiger partial charge is 0.351 e. The Labute approximate surface area is 124 Å². The first-order valence-electron chi connectivity index (χ1n) is 7.56. The van der Waals surface area contributed by atoms with E-state index in [4.69, 9.17) is 5.73 Å². The van der Waals surface area contributed by atoms with Crippen molar-refractivity contribution in [2.24, 2.45) is 5.73 Å². The van der Waals surface area contributed by atoms with Crippen molar-refractivity contribution in [3.63, 3.8) is 0 Å². The topological polar surface area (TPSA) is 58.4 Å². The third kappa shape index (κ3) is 3.15. The van der Waals surface area contributed by atoms with Crippen molar-refractivity contribution in [1.29, 1.82) is 0 Å². The summed E-state index contributed by atoms with van der Waals surface area (Å²) < 4.78 is 0. The molecule has 1 saturated heterocycles. The maximum atomic E-state index is 11.6. The summed E-state index contributed by atoms with van der Waals surface area (Å²) in [4.78, 5) is 14.8. The van der Waals surface area contributed by atoms with Crippen LogP contribution in [0.3, 0.4) is 0 Å². The predicted octanol–water partition coefficient (Wildman–Crippen LogP) is 2.52. The van der Waals surface area contributed by atoms with E-state index in [1.165, 1.54) is 30.6 Å². The van der Waals surface area contributed by atoms with Crippen molar-refractivity contribution in [2.75, 3.05) is 13.1 Å². The monoisotopic (exact) mass is 293 g/mol. The number of thiophene rings is 1. The van der Waals surface area contributed by atoms with Gasteiger partial charge in [0, 0.05) is 36.0 Å². The summed E-state index contributed by atoms with van der Waals surface area (Å²) in [6.45, 7) is 1.52. The van der Waals surface area contributed by atoms with E-state index in [0.29, 0.717) is 18.0 Å². The van der Waals surface area contributed by atoms with Crippen LogP contribution >= 0.6 is 11.3 Å². The normalized spacial score (nSPS) is 27.9. The number of nitrogens with zero attached hydrogens (tertiary/aromatic N) is 1. The lowest BCUT2D eigenvalue weighted by Gasteiger charge is -2.38. The molecule has 2 unspecified atom stereocenters. The molecule has 2 atom stereocenters. The molecule has 1 aromatic rings. The van der Waals surface area contributed by atoms with Crippen LogP contribution in [-0.2, 0) is 0 Å². The van der Waals surface area contributed by atoms with Gasteiger partial charge in [0.05, 0.1) is 0 Å². The van der Waals surface area contributed by atoms with Gasteiger partial charge < -0.3 is 16.0 Å². The average molecular weight is 293 g/mol. The molecule has 0 radical (unpaired) electrons. The highest BCUT2D eigenvalue weighted by atomic mass is 32.1. The molecule has 0 spiro atoms. The Kier molecular flexibility index (Phi) is 4.27. The van der Waals surface area contributed by atoms with Crippen LogP contribution < -0.4 is 11.1 Å². The number of primary amides is 1. The number of hydrogen-bond donors (Lipinski definition) is 2. The molecule has 3 N–H and O–H groups in total. The quantitative estimate of drug-likeness (QED) is 0.899. The van der Waals surface area contributed by atoms with E-state index in [2.05, 4.69) is 22.8 Å². The third-order valence-corrected chi connectivity index (χ3v) is 5.57. The minimum atomic E-state index is -0.288. The van der Waals surface area contributed by atoms with Crippen LogP contribution in [0.2, 0.25) is 0 Å². The highest BCUT2D eigenvalue weighted by Gasteiger charge is 2.31. The average Bonchev–Trinajstić information content (AvgIpc) is 3.11. The molecule has 2 heterocycles. The van der Waals surface area contributed by atoms with Crippen LogP contribution in [-0.4, -0.2) is 36.1 Å². The van der Waals surface area contributed by atoms with Crippen LogP contribution in [0.4, 0.5) is 4.79 Å². The van der Waals surface area contributed by atoms with Gasteiger partial charge in [-0.3, -0.25) is 0 Å². The van der Waals surface area contributed by atoms with Gasteiger partial charge in [-0.25, -0.2) is 4.79 Å². The highest BCUT2D eigenvalue weighted by molar-refractivity contribution is 7.10. The van der Waals surface area contributed by atoms with Gasteiger partial charge in [0.2, 0.25) is 0 Å². The smallest absolute Gasteiger partial charge is 0.314 e. The number of carbonyl (C=O) groups is 1. The standard InChI is InChI=1S/C15H23N3OS/c16-15(19)18-9-11(14-6-3-7-20-14)8-13(10-18)17-12-4-1-2-5-12/h3,6-7,11-13,17H,1-2,4-5,8-10H2,(H2,16,19). The molecular weight excluding hydrogens is 270 g/mol. The molecule has 20 heavy (non-hydrogen) atoms. The number of nitrogens with two attached hydrogens (primary N) is 1. The van der Waals surface area contributed by atoms with Gasteiger partial charge in [0.25, 0.3) is 0 Å². The Morgan fingerprint density at radius 2 is 2.10 bits per heavy atom. The van der Waals surface area contributed by atoms with Crippen LogP contribution in [0, 0.1) is 0 Å². The van der Waals surface area contributed by atoms with Crippen LogP contribution in [0.25, 0.3) is 0 Å². The molecule has 3 rings (SSSR count). The zero-order valence-electron chi connectivity index (χ0n) is 11.8. The van der Waals surface area contributed by atoms with Gasteiger partial charge in [-0.05, 0) is 30.7 Å². The number of amides is 2. The number of likely N-dealkylation sites (tertiary alicyclic amines) is 1. The van der Waals surface area contributed by atoms with Crippen LogP contribution in [0.1, 0.15) is 42.9 Å². The molecule has 0 bridgehead atoms. The van der Waals surface area contributed by atoms with Crippen molar-refractivity contribution in [3.05, 3.63) is 22.4 Å². The fraction of sp³-hybridized carbons (Fsp3) is 0.667. The molecule has 2 fully saturated rings. The first kappa shape index (κ1) is 13.9. The Morgan fingerprint density at radius 1 is 1.30 bits per heavy atom. The number of piperidine rings is 1. The van der Waals surface area contributed by atoms with Gasteiger partial charge >= 0.3 is 6.03 Å². The van der Waals surface area contributed by atoms with Gasteiger partial charge in [0.1, 0.15) is 0 Å². The molecule has 2 aliphatic rings. The predicted molar refractivity (Wildman–Crippen MR) is 82.0 cm³/mol. The second-order valence-corrected chi connectivity index (χ2v) is 7.02. The Hall–Kier alpha value is -1.07. The number of hydrogen-bond acceptors (Lipinski definition) is 3. The summed E-state index contributed by atoms with van der Waals surface area (Å²) in [5.74, 6) is 0.426. The summed E-state index contributed by atoms with van der Waals surface area (Å²) in [5, 5.41) is 5.86. The second-order valence-electron chi connectivity index (χ2n) is 6.04. The third-order valence-electron chi connectivity index (χ3n) is 4.53. The molecule has 1 aromatic heterocycles. The first-order valence-corrected chi connectivity index (χ1v) is 8.44.